The van der Waals surface area contributed by atoms with Gasteiger partial charge >= 0.3 is 0 Å². The van der Waals surface area contributed by atoms with Gasteiger partial charge in [0.1, 0.15) is 11.6 Å². The number of pyridine rings is 1. The fourth-order valence-corrected chi connectivity index (χ4v) is 2.55. The number of hydrogen-bond acceptors (Lipinski definition) is 4. The topological polar surface area (TPSA) is 31.4 Å². The molecule has 0 bridgehead atoms. The van der Waals surface area contributed by atoms with Crippen LogP contribution in [0.4, 0.5) is 11.6 Å². The quantitative estimate of drug-likeness (QED) is 0.883. The Hall–Kier alpha value is -1.29. The van der Waals surface area contributed by atoms with Crippen molar-refractivity contribution in [2.45, 2.75) is 32.7 Å². The second-order valence-corrected chi connectivity index (χ2v) is 5.30. The van der Waals surface area contributed by atoms with Crippen molar-refractivity contribution < 1.29 is 0 Å². The highest BCUT2D eigenvalue weighted by Gasteiger charge is 2.23. The predicted octanol–water partition coefficient (Wildman–Crippen LogP) is 2.43. The van der Waals surface area contributed by atoms with Gasteiger partial charge in [0.2, 0.25) is 0 Å². The number of nitrogens with zero attached hydrogens (tertiary/aromatic N) is 3. The van der Waals surface area contributed by atoms with Crippen LogP contribution in [0.2, 0.25) is 0 Å². The van der Waals surface area contributed by atoms with Crippen LogP contribution in [0, 0.1) is 0 Å². The maximum atomic E-state index is 4.72. The lowest BCUT2D eigenvalue weighted by atomic mass is 10.1. The summed E-state index contributed by atoms with van der Waals surface area (Å²) in [4.78, 5) is 9.59. The van der Waals surface area contributed by atoms with Crippen molar-refractivity contribution in [3.8, 4) is 0 Å². The Morgan fingerprint density at radius 3 is 2.89 bits per heavy atom. The van der Waals surface area contributed by atoms with Crippen molar-refractivity contribution in [1.29, 1.82) is 0 Å². The van der Waals surface area contributed by atoms with E-state index in [9.17, 15) is 0 Å². The van der Waals surface area contributed by atoms with Crippen LogP contribution in [0.5, 0.6) is 0 Å². The van der Waals surface area contributed by atoms with Crippen LogP contribution in [-0.2, 0) is 0 Å². The van der Waals surface area contributed by atoms with Crippen molar-refractivity contribution in [2.75, 3.05) is 43.4 Å². The summed E-state index contributed by atoms with van der Waals surface area (Å²) in [5.74, 6) is 2.10. The molecule has 0 saturated carbocycles. The molecule has 1 aromatic rings. The second-order valence-electron chi connectivity index (χ2n) is 5.30. The number of likely N-dealkylation sites (N-methyl/N-ethyl adjacent to an activating group) is 1. The first-order valence-corrected chi connectivity index (χ1v) is 7.40. The van der Waals surface area contributed by atoms with Crippen LogP contribution in [0.3, 0.4) is 0 Å². The van der Waals surface area contributed by atoms with Gasteiger partial charge in [0.15, 0.2) is 0 Å². The zero-order chi connectivity index (χ0) is 13.7. The maximum absolute atomic E-state index is 4.72. The lowest BCUT2D eigenvalue weighted by Crippen LogP contribution is -2.51. The van der Waals surface area contributed by atoms with E-state index in [1.807, 2.05) is 6.07 Å². The Morgan fingerprint density at radius 1 is 1.32 bits per heavy atom. The summed E-state index contributed by atoms with van der Waals surface area (Å²) in [6.45, 7) is 8.68. The fourth-order valence-electron chi connectivity index (χ4n) is 2.55. The molecule has 2 heterocycles. The summed E-state index contributed by atoms with van der Waals surface area (Å²) in [6, 6.07) is 6.91. The second kappa shape index (κ2) is 6.75. The lowest BCUT2D eigenvalue weighted by Gasteiger charge is -2.39. The Kier molecular flexibility index (Phi) is 5.02. The molecule has 106 valence electrons. The van der Waals surface area contributed by atoms with Crippen LogP contribution in [0.25, 0.3) is 0 Å². The van der Waals surface area contributed by atoms with Crippen LogP contribution in [0.15, 0.2) is 18.2 Å². The average molecular weight is 262 g/mol. The van der Waals surface area contributed by atoms with E-state index in [1.54, 1.807) is 0 Å². The van der Waals surface area contributed by atoms with Crippen LogP contribution in [-0.4, -0.2) is 49.2 Å². The average Bonchev–Trinajstić information content (AvgIpc) is 2.46. The number of rotatable bonds is 5. The smallest absolute Gasteiger partial charge is 0.131 e. The molecule has 1 fully saturated rings. The Bertz CT molecular complexity index is 393. The highest BCUT2D eigenvalue weighted by molar-refractivity contribution is 5.47. The molecule has 0 amide bonds. The van der Waals surface area contributed by atoms with Crippen LogP contribution in [0.1, 0.15) is 26.7 Å². The molecular weight excluding hydrogens is 236 g/mol. The highest BCUT2D eigenvalue weighted by Crippen LogP contribution is 2.19. The van der Waals surface area contributed by atoms with Crippen molar-refractivity contribution in [3.63, 3.8) is 0 Å². The third kappa shape index (κ3) is 3.60. The van der Waals surface area contributed by atoms with E-state index in [0.717, 1.165) is 44.2 Å². The Labute approximate surface area is 116 Å². The van der Waals surface area contributed by atoms with E-state index in [1.165, 1.54) is 6.42 Å². The molecule has 1 aromatic heterocycles. The van der Waals surface area contributed by atoms with Gasteiger partial charge in [-0.3, -0.25) is 4.90 Å². The maximum Gasteiger partial charge on any atom is 0.131 e. The molecule has 1 aliphatic heterocycles. The van der Waals surface area contributed by atoms with Crippen molar-refractivity contribution in [1.82, 2.24) is 9.88 Å². The van der Waals surface area contributed by atoms with E-state index in [2.05, 4.69) is 48.1 Å². The standard InChI is InChI=1S/C15H26N4/c1-4-9-16-14-7-6-8-15(17-14)19-11-10-18(3)13(5-2)12-19/h6-8,13H,4-5,9-12H2,1-3H3,(H,16,17). The summed E-state index contributed by atoms with van der Waals surface area (Å²) in [5.41, 5.74) is 0. The summed E-state index contributed by atoms with van der Waals surface area (Å²) in [7, 11) is 2.22. The van der Waals surface area contributed by atoms with Crippen LogP contribution < -0.4 is 10.2 Å². The minimum Gasteiger partial charge on any atom is -0.370 e. The van der Waals surface area contributed by atoms with Gasteiger partial charge in [0.05, 0.1) is 0 Å². The molecule has 0 aliphatic carbocycles. The van der Waals surface area contributed by atoms with Gasteiger partial charge in [-0.05, 0) is 32.0 Å². The van der Waals surface area contributed by atoms with Crippen molar-refractivity contribution >= 4 is 11.6 Å². The molecule has 1 N–H and O–H groups in total. The molecule has 1 unspecified atom stereocenters. The minimum atomic E-state index is 0.641. The Morgan fingerprint density at radius 2 is 2.16 bits per heavy atom. The Balaban J connectivity index is 2.04. The number of piperazine rings is 1. The van der Waals surface area contributed by atoms with E-state index in [0.29, 0.717) is 6.04 Å². The lowest BCUT2D eigenvalue weighted by molar-refractivity contribution is 0.213. The van der Waals surface area contributed by atoms with E-state index < -0.39 is 0 Å². The largest absolute Gasteiger partial charge is 0.370 e. The zero-order valence-electron chi connectivity index (χ0n) is 12.4. The SMILES string of the molecule is CCCNc1cccc(N2CCN(C)C(CC)C2)n1. The fraction of sp³-hybridized carbons (Fsp3) is 0.667. The monoisotopic (exact) mass is 262 g/mol. The molecule has 0 aromatic carbocycles. The minimum absolute atomic E-state index is 0.641. The van der Waals surface area contributed by atoms with Gasteiger partial charge in [-0.15, -0.1) is 0 Å². The summed E-state index contributed by atoms with van der Waals surface area (Å²) in [6.07, 6.45) is 2.32. The van der Waals surface area contributed by atoms with Gasteiger partial charge in [-0.1, -0.05) is 19.9 Å². The number of hydrogen-bond donors (Lipinski definition) is 1. The van der Waals surface area contributed by atoms with Crippen molar-refractivity contribution in [2.24, 2.45) is 0 Å². The van der Waals surface area contributed by atoms with E-state index in [4.69, 9.17) is 4.98 Å². The van der Waals surface area contributed by atoms with E-state index >= 15 is 0 Å². The zero-order valence-corrected chi connectivity index (χ0v) is 12.4. The molecule has 4 heteroatoms. The first kappa shape index (κ1) is 14.1. The highest BCUT2D eigenvalue weighted by atomic mass is 15.3. The van der Waals surface area contributed by atoms with Crippen molar-refractivity contribution in [3.05, 3.63) is 18.2 Å². The molecular formula is C15H26N4. The van der Waals surface area contributed by atoms with Gasteiger partial charge in [0.25, 0.3) is 0 Å². The molecule has 1 aliphatic rings. The van der Waals surface area contributed by atoms with Gasteiger partial charge in [-0.2, -0.15) is 0 Å². The first-order chi connectivity index (χ1) is 9.24. The van der Waals surface area contributed by atoms with Gasteiger partial charge < -0.3 is 10.2 Å². The van der Waals surface area contributed by atoms with Gasteiger partial charge in [0, 0.05) is 32.2 Å². The molecule has 1 atom stereocenters. The molecule has 2 rings (SSSR count). The number of nitrogens with one attached hydrogen (secondary N) is 1. The molecule has 4 nitrogen and oxygen atoms in total. The molecule has 1 saturated heterocycles. The number of aromatic nitrogens is 1. The number of anilines is 2. The summed E-state index contributed by atoms with van der Waals surface area (Å²) >= 11 is 0. The van der Waals surface area contributed by atoms with Crippen LogP contribution >= 0.6 is 0 Å². The summed E-state index contributed by atoms with van der Waals surface area (Å²) < 4.78 is 0. The third-order valence-corrected chi connectivity index (χ3v) is 3.86. The first-order valence-electron chi connectivity index (χ1n) is 7.40. The molecule has 0 radical (unpaired) electrons. The molecule has 0 spiro atoms. The summed E-state index contributed by atoms with van der Waals surface area (Å²) in [5, 5.41) is 3.36. The van der Waals surface area contributed by atoms with Gasteiger partial charge in [-0.25, -0.2) is 4.98 Å². The molecule has 19 heavy (non-hydrogen) atoms. The normalized spacial score (nSPS) is 20.6. The van der Waals surface area contributed by atoms with E-state index in [-0.39, 0.29) is 0 Å². The third-order valence-electron chi connectivity index (χ3n) is 3.86. The predicted molar refractivity (Wildman–Crippen MR) is 81.9 cm³/mol.